The highest BCUT2D eigenvalue weighted by Crippen LogP contribution is 2.33. The van der Waals surface area contributed by atoms with E-state index >= 15 is 0 Å². The highest BCUT2D eigenvalue weighted by atomic mass is 32.2. The Morgan fingerprint density at radius 3 is 2.33 bits per heavy atom. The molecular formula is C34H29N3O4S. The third kappa shape index (κ3) is 5.24. The van der Waals surface area contributed by atoms with Gasteiger partial charge in [-0.3, -0.25) is 9.10 Å². The molecule has 210 valence electrons. The Bertz CT molecular complexity index is 1890. The Kier molecular flexibility index (Phi) is 7.46. The number of amides is 1. The van der Waals surface area contributed by atoms with E-state index in [0.29, 0.717) is 5.75 Å². The zero-order valence-corrected chi connectivity index (χ0v) is 23.8. The van der Waals surface area contributed by atoms with Crippen molar-refractivity contribution in [1.82, 2.24) is 5.43 Å². The van der Waals surface area contributed by atoms with Crippen LogP contribution in [0.5, 0.6) is 5.75 Å². The minimum Gasteiger partial charge on any atom is -0.497 e. The summed E-state index contributed by atoms with van der Waals surface area (Å²) in [5, 5.41) is 6.63. The van der Waals surface area contributed by atoms with Gasteiger partial charge in [0.2, 0.25) is 0 Å². The van der Waals surface area contributed by atoms with Crippen LogP contribution in [0.2, 0.25) is 0 Å². The summed E-state index contributed by atoms with van der Waals surface area (Å²) in [4.78, 5) is 13.6. The molecule has 5 aromatic rings. The molecule has 42 heavy (non-hydrogen) atoms. The predicted octanol–water partition coefficient (Wildman–Crippen LogP) is 6.11. The van der Waals surface area contributed by atoms with Gasteiger partial charge in [-0.05, 0) is 76.7 Å². The standard InChI is InChI=1S/C34H29N3O4S/c1-41-28-18-20-29(21-19-28)42(39,40)37(23-24-8-3-2-4-9-24)32-13-6-5-11-31(32)34(38)36-35-22-27-17-16-26-15-14-25-10-7-12-30(27)33(25)26/h2-13,16-22H,14-15,23H2,1H3,(H,36,38)/b35-22-. The van der Waals surface area contributed by atoms with Gasteiger partial charge in [0.05, 0.1) is 36.0 Å². The number of carbonyl (C=O) groups excluding carboxylic acids is 1. The number of ether oxygens (including phenoxy) is 1. The van der Waals surface area contributed by atoms with Crippen LogP contribution in [-0.4, -0.2) is 27.6 Å². The Balaban J connectivity index is 1.33. The third-order valence-electron chi connectivity index (χ3n) is 7.51. The molecular weight excluding hydrogens is 546 g/mol. The molecule has 1 amide bonds. The van der Waals surface area contributed by atoms with Crippen molar-refractivity contribution in [1.29, 1.82) is 0 Å². The first-order chi connectivity index (χ1) is 20.5. The van der Waals surface area contributed by atoms with E-state index in [9.17, 15) is 13.2 Å². The minimum absolute atomic E-state index is 0.0312. The molecule has 6 rings (SSSR count). The van der Waals surface area contributed by atoms with Gasteiger partial charge in [0.25, 0.3) is 15.9 Å². The normalized spacial score (nSPS) is 12.5. The number of benzene rings is 5. The van der Waals surface area contributed by atoms with Gasteiger partial charge in [0.15, 0.2) is 0 Å². The molecule has 1 N–H and O–H groups in total. The van der Waals surface area contributed by atoms with Crippen molar-refractivity contribution in [2.75, 3.05) is 11.4 Å². The summed E-state index contributed by atoms with van der Waals surface area (Å²) in [7, 11) is -2.54. The van der Waals surface area contributed by atoms with Crippen LogP contribution in [0.1, 0.15) is 32.6 Å². The van der Waals surface area contributed by atoms with Gasteiger partial charge in [-0.15, -0.1) is 0 Å². The van der Waals surface area contributed by atoms with Crippen molar-refractivity contribution in [3.63, 3.8) is 0 Å². The largest absolute Gasteiger partial charge is 0.497 e. The lowest BCUT2D eigenvalue weighted by Crippen LogP contribution is -2.33. The van der Waals surface area contributed by atoms with Crippen molar-refractivity contribution in [2.45, 2.75) is 24.3 Å². The maximum Gasteiger partial charge on any atom is 0.273 e. The summed E-state index contributed by atoms with van der Waals surface area (Å²) in [6.45, 7) is 0.0312. The predicted molar refractivity (Wildman–Crippen MR) is 166 cm³/mol. The highest BCUT2D eigenvalue weighted by Gasteiger charge is 2.29. The van der Waals surface area contributed by atoms with E-state index in [2.05, 4.69) is 28.7 Å². The number of anilines is 1. The maximum atomic E-state index is 14.0. The van der Waals surface area contributed by atoms with Gasteiger partial charge in [0, 0.05) is 5.56 Å². The zero-order valence-electron chi connectivity index (χ0n) is 23.0. The van der Waals surface area contributed by atoms with E-state index in [0.717, 1.165) is 29.4 Å². The second-order valence-electron chi connectivity index (χ2n) is 10.0. The number of sulfonamides is 1. The molecule has 1 aliphatic rings. The van der Waals surface area contributed by atoms with E-state index in [1.54, 1.807) is 42.6 Å². The first kappa shape index (κ1) is 27.2. The SMILES string of the molecule is COc1ccc(S(=O)(=O)N(Cc2ccccc2)c2ccccc2C(=O)N/N=C\c2ccc3c4c(cccc24)CC3)cc1. The average Bonchev–Trinajstić information content (AvgIpc) is 3.46. The Hall–Kier alpha value is -4.95. The number of hydrogen-bond donors (Lipinski definition) is 1. The number of methoxy groups -OCH3 is 1. The molecule has 0 unspecified atom stereocenters. The van der Waals surface area contributed by atoms with Crippen molar-refractivity contribution in [2.24, 2.45) is 5.10 Å². The van der Waals surface area contributed by atoms with Crippen LogP contribution in [0.3, 0.4) is 0 Å². The lowest BCUT2D eigenvalue weighted by molar-refractivity contribution is 0.0955. The number of aryl methyl sites for hydroxylation is 2. The van der Waals surface area contributed by atoms with Crippen LogP contribution >= 0.6 is 0 Å². The zero-order chi connectivity index (χ0) is 29.1. The lowest BCUT2D eigenvalue weighted by Gasteiger charge is -2.26. The van der Waals surface area contributed by atoms with Crippen molar-refractivity contribution >= 4 is 38.6 Å². The van der Waals surface area contributed by atoms with Crippen molar-refractivity contribution in [3.8, 4) is 5.75 Å². The molecule has 8 heteroatoms. The van der Waals surface area contributed by atoms with Gasteiger partial charge in [-0.25, -0.2) is 13.8 Å². The molecule has 0 atom stereocenters. The molecule has 0 saturated heterocycles. The Morgan fingerprint density at radius 2 is 1.57 bits per heavy atom. The first-order valence-corrected chi connectivity index (χ1v) is 15.1. The number of carbonyl (C=O) groups is 1. The van der Waals surface area contributed by atoms with Crippen LogP contribution < -0.4 is 14.5 Å². The van der Waals surface area contributed by atoms with Crippen molar-refractivity contribution in [3.05, 3.63) is 137 Å². The van der Waals surface area contributed by atoms with Crippen LogP contribution in [-0.2, 0) is 29.4 Å². The second-order valence-corrected chi connectivity index (χ2v) is 11.9. The molecule has 0 bridgehead atoms. The number of hydrogen-bond acceptors (Lipinski definition) is 5. The number of hydrazone groups is 1. The summed E-state index contributed by atoms with van der Waals surface area (Å²) >= 11 is 0. The Labute approximate surface area is 245 Å². The summed E-state index contributed by atoms with van der Waals surface area (Å²) in [5.74, 6) is 0.0252. The van der Waals surface area contributed by atoms with Gasteiger partial charge in [0.1, 0.15) is 5.75 Å². The van der Waals surface area contributed by atoms with Crippen LogP contribution in [0, 0.1) is 0 Å². The highest BCUT2D eigenvalue weighted by molar-refractivity contribution is 7.92. The van der Waals surface area contributed by atoms with Crippen LogP contribution in [0.25, 0.3) is 10.8 Å². The van der Waals surface area contributed by atoms with E-state index in [1.807, 2.05) is 42.5 Å². The fraction of sp³-hybridized carbons (Fsp3) is 0.118. The third-order valence-corrected chi connectivity index (χ3v) is 9.29. The number of nitrogens with zero attached hydrogens (tertiary/aromatic N) is 2. The molecule has 0 heterocycles. The van der Waals surface area contributed by atoms with E-state index in [4.69, 9.17) is 4.74 Å². The summed E-state index contributed by atoms with van der Waals surface area (Å²) < 4.78 is 34.5. The molecule has 7 nitrogen and oxygen atoms in total. The lowest BCUT2D eigenvalue weighted by atomic mass is 10.0. The monoisotopic (exact) mass is 575 g/mol. The quantitative estimate of drug-likeness (QED) is 0.170. The number of nitrogens with one attached hydrogen (secondary N) is 1. The van der Waals surface area contributed by atoms with E-state index in [-0.39, 0.29) is 22.7 Å². The fourth-order valence-electron chi connectivity index (χ4n) is 5.41. The fourth-order valence-corrected chi connectivity index (χ4v) is 6.88. The van der Waals surface area contributed by atoms with Gasteiger partial charge < -0.3 is 4.74 Å². The second kappa shape index (κ2) is 11.5. The Morgan fingerprint density at radius 1 is 0.857 bits per heavy atom. The van der Waals surface area contributed by atoms with E-state index < -0.39 is 15.9 Å². The first-order valence-electron chi connectivity index (χ1n) is 13.6. The summed E-state index contributed by atoms with van der Waals surface area (Å²) in [6, 6.07) is 32.5. The molecule has 0 spiro atoms. The van der Waals surface area contributed by atoms with Crippen LogP contribution in [0.4, 0.5) is 5.69 Å². The minimum atomic E-state index is -4.06. The summed E-state index contributed by atoms with van der Waals surface area (Å²) in [5.41, 5.74) is 7.37. The van der Waals surface area contributed by atoms with Gasteiger partial charge >= 0.3 is 0 Å². The molecule has 1 aliphatic carbocycles. The maximum absolute atomic E-state index is 14.0. The molecule has 0 radical (unpaired) electrons. The average molecular weight is 576 g/mol. The topological polar surface area (TPSA) is 88.1 Å². The molecule has 0 fully saturated rings. The number of para-hydroxylation sites is 1. The molecule has 0 saturated carbocycles. The summed E-state index contributed by atoms with van der Waals surface area (Å²) in [6.07, 6.45) is 3.69. The van der Waals surface area contributed by atoms with Gasteiger partial charge in [-0.2, -0.15) is 5.10 Å². The molecule has 5 aromatic carbocycles. The molecule has 0 aromatic heterocycles. The van der Waals surface area contributed by atoms with Crippen molar-refractivity contribution < 1.29 is 17.9 Å². The molecule has 0 aliphatic heterocycles. The van der Waals surface area contributed by atoms with E-state index in [1.165, 1.54) is 40.1 Å². The number of rotatable bonds is 9. The van der Waals surface area contributed by atoms with Crippen LogP contribution in [0.15, 0.2) is 119 Å². The van der Waals surface area contributed by atoms with Gasteiger partial charge in [-0.1, -0.05) is 72.8 Å². The smallest absolute Gasteiger partial charge is 0.273 e.